The third kappa shape index (κ3) is 5.44. The SMILES string of the molecule is Cc1cc(C)c(-c2csc(NC(=O)/C=C/c3ccc(S(=O)(=O)N4CCOCC4)cc3)n2)c(C)c1. The van der Waals surface area contributed by atoms with Gasteiger partial charge in [0.05, 0.1) is 23.8 Å². The molecule has 178 valence electrons. The van der Waals surface area contributed by atoms with Crippen molar-refractivity contribution in [3.63, 3.8) is 0 Å². The zero-order valence-electron chi connectivity index (χ0n) is 19.4. The molecule has 1 fully saturated rings. The Morgan fingerprint density at radius 3 is 2.38 bits per heavy atom. The normalized spacial score (nSPS) is 15.0. The first kappa shape index (κ1) is 24.3. The van der Waals surface area contributed by atoms with Gasteiger partial charge in [0.25, 0.3) is 0 Å². The summed E-state index contributed by atoms with van der Waals surface area (Å²) in [5.41, 5.74) is 6.17. The van der Waals surface area contributed by atoms with Crippen LogP contribution in [0.15, 0.2) is 52.7 Å². The van der Waals surface area contributed by atoms with Crippen LogP contribution in [0.1, 0.15) is 22.3 Å². The second kappa shape index (κ2) is 10.2. The molecule has 0 unspecified atom stereocenters. The number of nitrogens with one attached hydrogen (secondary N) is 1. The van der Waals surface area contributed by atoms with Crippen molar-refractivity contribution >= 4 is 38.5 Å². The van der Waals surface area contributed by atoms with Crippen molar-refractivity contribution in [3.05, 3.63) is 70.1 Å². The molecule has 1 amide bonds. The predicted molar refractivity (Wildman–Crippen MR) is 135 cm³/mol. The molecule has 1 aliphatic heterocycles. The summed E-state index contributed by atoms with van der Waals surface area (Å²) >= 11 is 1.38. The highest BCUT2D eigenvalue weighted by molar-refractivity contribution is 7.89. The molecule has 1 aromatic heterocycles. The first-order valence-corrected chi connectivity index (χ1v) is 13.3. The molecule has 1 saturated heterocycles. The van der Waals surface area contributed by atoms with Crippen LogP contribution in [0.25, 0.3) is 17.3 Å². The van der Waals surface area contributed by atoms with E-state index in [-0.39, 0.29) is 10.8 Å². The first-order valence-electron chi connectivity index (χ1n) is 10.9. The smallest absolute Gasteiger partial charge is 0.250 e. The zero-order valence-corrected chi connectivity index (χ0v) is 21.0. The number of hydrogen-bond acceptors (Lipinski definition) is 6. The minimum Gasteiger partial charge on any atom is -0.379 e. The number of carbonyl (C=O) groups is 1. The molecule has 0 bridgehead atoms. The fraction of sp³-hybridized carbons (Fsp3) is 0.280. The van der Waals surface area contributed by atoms with Gasteiger partial charge in [-0.05, 0) is 55.7 Å². The van der Waals surface area contributed by atoms with Crippen molar-refractivity contribution in [2.75, 3.05) is 31.6 Å². The number of aromatic nitrogens is 1. The molecule has 1 aliphatic rings. The van der Waals surface area contributed by atoms with Crippen LogP contribution < -0.4 is 5.32 Å². The maximum Gasteiger partial charge on any atom is 0.250 e. The molecule has 3 aromatic rings. The van der Waals surface area contributed by atoms with E-state index in [9.17, 15) is 13.2 Å². The number of ether oxygens (including phenoxy) is 1. The van der Waals surface area contributed by atoms with Crippen LogP contribution in [0, 0.1) is 20.8 Å². The van der Waals surface area contributed by atoms with Crippen LogP contribution in [-0.4, -0.2) is 49.9 Å². The maximum absolute atomic E-state index is 12.7. The Labute approximate surface area is 204 Å². The van der Waals surface area contributed by atoms with Crippen LogP contribution >= 0.6 is 11.3 Å². The lowest BCUT2D eigenvalue weighted by Crippen LogP contribution is -2.40. The molecule has 7 nitrogen and oxygen atoms in total. The van der Waals surface area contributed by atoms with E-state index in [0.717, 1.165) is 27.9 Å². The lowest BCUT2D eigenvalue weighted by Gasteiger charge is -2.26. The van der Waals surface area contributed by atoms with Gasteiger partial charge in [0, 0.05) is 30.1 Å². The van der Waals surface area contributed by atoms with Crippen molar-refractivity contribution in [1.29, 1.82) is 0 Å². The predicted octanol–water partition coefficient (Wildman–Crippen LogP) is 4.41. The zero-order chi connectivity index (χ0) is 24.3. The fourth-order valence-corrected chi connectivity index (χ4v) is 6.15. The number of morpholine rings is 1. The van der Waals surface area contributed by atoms with Crippen LogP contribution in [0.5, 0.6) is 0 Å². The van der Waals surface area contributed by atoms with Crippen molar-refractivity contribution in [3.8, 4) is 11.3 Å². The number of carbonyl (C=O) groups excluding carboxylic acids is 1. The Kier molecular flexibility index (Phi) is 7.27. The highest BCUT2D eigenvalue weighted by Crippen LogP contribution is 2.31. The molecule has 4 rings (SSSR count). The molecule has 9 heteroatoms. The lowest BCUT2D eigenvalue weighted by molar-refractivity contribution is -0.111. The molecule has 1 N–H and O–H groups in total. The Morgan fingerprint density at radius 2 is 1.74 bits per heavy atom. The Morgan fingerprint density at radius 1 is 1.09 bits per heavy atom. The monoisotopic (exact) mass is 497 g/mol. The molecule has 0 atom stereocenters. The largest absolute Gasteiger partial charge is 0.379 e. The van der Waals surface area contributed by atoms with Crippen LogP contribution in [0.3, 0.4) is 0 Å². The number of anilines is 1. The molecule has 2 heterocycles. The van der Waals surface area contributed by atoms with Gasteiger partial charge in [-0.3, -0.25) is 10.1 Å². The minimum absolute atomic E-state index is 0.230. The molecule has 0 aliphatic carbocycles. The van der Waals surface area contributed by atoms with Crippen molar-refractivity contribution in [2.24, 2.45) is 0 Å². The Hall–Kier alpha value is -2.85. The van der Waals surface area contributed by atoms with Gasteiger partial charge < -0.3 is 4.74 Å². The number of aryl methyl sites for hydroxylation is 3. The second-order valence-electron chi connectivity index (χ2n) is 8.22. The van der Waals surface area contributed by atoms with E-state index < -0.39 is 10.0 Å². The summed E-state index contributed by atoms with van der Waals surface area (Å²) in [6.45, 7) is 7.71. The first-order chi connectivity index (χ1) is 16.2. The van der Waals surface area contributed by atoms with E-state index in [2.05, 4.69) is 43.2 Å². The quantitative estimate of drug-likeness (QED) is 0.510. The molecular formula is C25H27N3O4S2. The summed E-state index contributed by atoms with van der Waals surface area (Å²) < 4.78 is 32.1. The number of thiazole rings is 1. The average molecular weight is 498 g/mol. The van der Waals surface area contributed by atoms with Crippen molar-refractivity contribution in [1.82, 2.24) is 9.29 Å². The number of sulfonamides is 1. The van der Waals surface area contributed by atoms with Gasteiger partial charge in [0.1, 0.15) is 0 Å². The summed E-state index contributed by atoms with van der Waals surface area (Å²) in [5, 5.41) is 5.26. The van der Waals surface area contributed by atoms with E-state index >= 15 is 0 Å². The fourth-order valence-electron chi connectivity index (χ4n) is 4.04. The van der Waals surface area contributed by atoms with Gasteiger partial charge in [-0.1, -0.05) is 29.8 Å². The lowest BCUT2D eigenvalue weighted by atomic mass is 9.98. The van der Waals surface area contributed by atoms with E-state index in [1.807, 2.05) is 5.38 Å². The number of hydrogen-bond donors (Lipinski definition) is 1. The van der Waals surface area contributed by atoms with Gasteiger partial charge in [0.2, 0.25) is 15.9 Å². The standard InChI is InChI=1S/C25H27N3O4S2/c1-17-14-18(2)24(19(3)15-17)22-16-33-25(26-22)27-23(29)9-6-20-4-7-21(8-5-20)34(30,31)28-10-12-32-13-11-28/h4-9,14-16H,10-13H2,1-3H3,(H,26,27,29)/b9-6+. The Bertz CT molecular complexity index is 1300. The summed E-state index contributed by atoms with van der Waals surface area (Å²) in [6, 6.07) is 10.7. The van der Waals surface area contributed by atoms with Gasteiger partial charge in [0.15, 0.2) is 5.13 Å². The third-order valence-electron chi connectivity index (χ3n) is 5.58. The van der Waals surface area contributed by atoms with Gasteiger partial charge in [-0.2, -0.15) is 4.31 Å². The number of rotatable bonds is 6. The van der Waals surface area contributed by atoms with Crippen LogP contribution in [-0.2, 0) is 19.6 Å². The van der Waals surface area contributed by atoms with Crippen LogP contribution in [0.2, 0.25) is 0 Å². The summed E-state index contributed by atoms with van der Waals surface area (Å²) in [7, 11) is -3.54. The average Bonchev–Trinajstić information content (AvgIpc) is 3.25. The second-order valence-corrected chi connectivity index (χ2v) is 11.0. The van der Waals surface area contributed by atoms with Crippen molar-refractivity contribution < 1.29 is 17.9 Å². The molecule has 0 spiro atoms. The number of benzene rings is 2. The highest BCUT2D eigenvalue weighted by atomic mass is 32.2. The topological polar surface area (TPSA) is 88.6 Å². The van der Waals surface area contributed by atoms with E-state index in [0.29, 0.717) is 31.4 Å². The molecule has 34 heavy (non-hydrogen) atoms. The molecule has 0 radical (unpaired) electrons. The van der Waals surface area contributed by atoms with Gasteiger partial charge in [-0.15, -0.1) is 11.3 Å². The van der Waals surface area contributed by atoms with Gasteiger partial charge in [-0.25, -0.2) is 13.4 Å². The minimum atomic E-state index is -3.54. The summed E-state index contributed by atoms with van der Waals surface area (Å²) in [5.74, 6) is -0.303. The van der Waals surface area contributed by atoms with Gasteiger partial charge >= 0.3 is 0 Å². The molecular weight excluding hydrogens is 470 g/mol. The summed E-state index contributed by atoms with van der Waals surface area (Å²) in [4.78, 5) is 17.2. The third-order valence-corrected chi connectivity index (χ3v) is 8.25. The highest BCUT2D eigenvalue weighted by Gasteiger charge is 2.26. The molecule has 2 aromatic carbocycles. The Balaban J connectivity index is 1.40. The number of nitrogens with zero attached hydrogens (tertiary/aromatic N) is 2. The van der Waals surface area contributed by atoms with E-state index in [1.165, 1.54) is 27.3 Å². The van der Waals surface area contributed by atoms with Crippen molar-refractivity contribution in [2.45, 2.75) is 25.7 Å². The van der Waals surface area contributed by atoms with Crippen LogP contribution in [0.4, 0.5) is 5.13 Å². The molecule has 0 saturated carbocycles. The van der Waals surface area contributed by atoms with E-state index in [4.69, 9.17) is 4.74 Å². The summed E-state index contributed by atoms with van der Waals surface area (Å²) in [6.07, 6.45) is 3.05. The maximum atomic E-state index is 12.7. The number of amides is 1. The van der Waals surface area contributed by atoms with E-state index in [1.54, 1.807) is 30.3 Å².